The molecule has 1 fully saturated rings. The normalized spacial score (nSPS) is 14.8. The smallest absolute Gasteiger partial charge is 0.294 e. The van der Waals surface area contributed by atoms with Gasteiger partial charge in [-0.1, -0.05) is 49.6 Å². The van der Waals surface area contributed by atoms with E-state index in [0.29, 0.717) is 24.0 Å². The van der Waals surface area contributed by atoms with Crippen LogP contribution in [0, 0.1) is 0 Å². The van der Waals surface area contributed by atoms with E-state index in [1.807, 2.05) is 36.4 Å². The average molecular weight is 361 g/mol. The first-order chi connectivity index (χ1) is 13.3. The van der Waals surface area contributed by atoms with Gasteiger partial charge in [0.05, 0.1) is 0 Å². The maximum Gasteiger partial charge on any atom is 0.294 e. The number of anilines is 1. The van der Waals surface area contributed by atoms with Crippen LogP contribution in [0.15, 0.2) is 48.7 Å². The number of H-pyrrole nitrogens is 1. The molecular formula is C21H23N5O. The monoisotopic (exact) mass is 361 g/mol. The zero-order valence-corrected chi connectivity index (χ0v) is 15.2. The number of hydrogen-bond acceptors (Lipinski definition) is 4. The number of amides is 1. The third-order valence-electron chi connectivity index (χ3n) is 5.07. The van der Waals surface area contributed by atoms with E-state index in [0.717, 1.165) is 5.56 Å². The molecule has 0 spiro atoms. The summed E-state index contributed by atoms with van der Waals surface area (Å²) in [7, 11) is 0. The van der Waals surface area contributed by atoms with Gasteiger partial charge in [0.2, 0.25) is 5.82 Å². The third kappa shape index (κ3) is 4.39. The SMILES string of the molecule is O=C(Nc1cc(C2CCCCC2)ccn1)c1nnc(Cc2ccccc2)[nH]1. The van der Waals surface area contributed by atoms with Crippen molar-refractivity contribution in [2.75, 3.05) is 5.32 Å². The number of aromatic nitrogens is 4. The van der Waals surface area contributed by atoms with E-state index in [9.17, 15) is 4.79 Å². The van der Waals surface area contributed by atoms with E-state index in [4.69, 9.17) is 0 Å². The van der Waals surface area contributed by atoms with Crippen molar-refractivity contribution in [3.63, 3.8) is 0 Å². The fourth-order valence-electron chi connectivity index (χ4n) is 3.65. The maximum absolute atomic E-state index is 12.5. The first kappa shape index (κ1) is 17.4. The molecule has 1 amide bonds. The number of pyridine rings is 1. The number of hydrogen-bond donors (Lipinski definition) is 2. The Labute approximate surface area is 158 Å². The Kier molecular flexibility index (Phi) is 5.23. The van der Waals surface area contributed by atoms with Gasteiger partial charge in [-0.3, -0.25) is 4.79 Å². The zero-order chi connectivity index (χ0) is 18.5. The molecule has 1 aliphatic rings. The molecule has 1 aromatic carbocycles. The highest BCUT2D eigenvalue weighted by Gasteiger charge is 2.17. The zero-order valence-electron chi connectivity index (χ0n) is 15.2. The predicted octanol–water partition coefficient (Wildman–Crippen LogP) is 4.09. The fourth-order valence-corrected chi connectivity index (χ4v) is 3.65. The lowest BCUT2D eigenvalue weighted by Crippen LogP contribution is -2.15. The molecule has 3 aromatic rings. The average Bonchev–Trinajstić information content (AvgIpc) is 3.18. The molecule has 27 heavy (non-hydrogen) atoms. The Hall–Kier alpha value is -3.02. The topological polar surface area (TPSA) is 83.6 Å². The highest BCUT2D eigenvalue weighted by molar-refractivity contribution is 6.00. The van der Waals surface area contributed by atoms with Gasteiger partial charge in [-0.25, -0.2) is 4.98 Å². The van der Waals surface area contributed by atoms with Gasteiger partial charge in [0.25, 0.3) is 5.91 Å². The summed E-state index contributed by atoms with van der Waals surface area (Å²) in [5.41, 5.74) is 2.37. The number of carbonyl (C=O) groups is 1. The van der Waals surface area contributed by atoms with E-state index in [2.05, 4.69) is 31.5 Å². The van der Waals surface area contributed by atoms with E-state index >= 15 is 0 Å². The van der Waals surface area contributed by atoms with Crippen LogP contribution in [0.3, 0.4) is 0 Å². The highest BCUT2D eigenvalue weighted by Crippen LogP contribution is 2.33. The summed E-state index contributed by atoms with van der Waals surface area (Å²) in [6, 6.07) is 14.0. The molecule has 0 bridgehead atoms. The van der Waals surface area contributed by atoms with Crippen molar-refractivity contribution in [1.82, 2.24) is 20.2 Å². The van der Waals surface area contributed by atoms with E-state index < -0.39 is 0 Å². The Morgan fingerprint density at radius 3 is 2.70 bits per heavy atom. The quantitative estimate of drug-likeness (QED) is 0.717. The van der Waals surface area contributed by atoms with Crippen molar-refractivity contribution in [3.8, 4) is 0 Å². The Morgan fingerprint density at radius 1 is 1.07 bits per heavy atom. The summed E-state index contributed by atoms with van der Waals surface area (Å²) < 4.78 is 0. The molecule has 1 aliphatic carbocycles. The molecule has 0 atom stereocenters. The first-order valence-corrected chi connectivity index (χ1v) is 9.51. The molecule has 0 saturated heterocycles. The van der Waals surface area contributed by atoms with Crippen molar-refractivity contribution in [2.45, 2.75) is 44.4 Å². The predicted molar refractivity (Wildman–Crippen MR) is 104 cm³/mol. The number of nitrogens with one attached hydrogen (secondary N) is 2. The van der Waals surface area contributed by atoms with Crippen LogP contribution < -0.4 is 5.32 Å². The van der Waals surface area contributed by atoms with Crippen LogP contribution in [0.2, 0.25) is 0 Å². The second-order valence-corrected chi connectivity index (χ2v) is 7.05. The van der Waals surface area contributed by atoms with E-state index in [-0.39, 0.29) is 11.7 Å². The van der Waals surface area contributed by atoms with Gasteiger partial charge in [-0.05, 0) is 42.0 Å². The van der Waals surface area contributed by atoms with E-state index in [1.165, 1.54) is 37.7 Å². The van der Waals surface area contributed by atoms with Crippen molar-refractivity contribution in [2.24, 2.45) is 0 Å². The van der Waals surface area contributed by atoms with Gasteiger partial charge in [0.15, 0.2) is 0 Å². The third-order valence-corrected chi connectivity index (χ3v) is 5.07. The van der Waals surface area contributed by atoms with Crippen LogP contribution in [0.5, 0.6) is 0 Å². The molecule has 2 heterocycles. The maximum atomic E-state index is 12.5. The Bertz CT molecular complexity index is 900. The minimum absolute atomic E-state index is 0.200. The number of carbonyl (C=O) groups excluding carboxylic acids is 1. The standard InChI is InChI=1S/C21H23N5O/c27-21(20-23-19(25-26-20)13-15-7-3-1-4-8-15)24-18-14-17(11-12-22-18)16-9-5-2-6-10-16/h1,3-4,7-8,11-12,14,16H,2,5-6,9-10,13H2,(H,22,24,27)(H,23,25,26). The first-order valence-electron chi connectivity index (χ1n) is 9.51. The summed E-state index contributed by atoms with van der Waals surface area (Å²) in [6.07, 6.45) is 8.66. The Morgan fingerprint density at radius 2 is 1.89 bits per heavy atom. The summed E-state index contributed by atoms with van der Waals surface area (Å²) >= 11 is 0. The van der Waals surface area contributed by atoms with Crippen molar-refractivity contribution < 1.29 is 4.79 Å². The Balaban J connectivity index is 1.42. The summed E-state index contributed by atoms with van der Waals surface area (Å²) in [4.78, 5) is 19.8. The van der Waals surface area contributed by atoms with E-state index in [1.54, 1.807) is 6.20 Å². The van der Waals surface area contributed by atoms with Crippen LogP contribution in [0.4, 0.5) is 5.82 Å². The van der Waals surface area contributed by atoms with Crippen molar-refractivity contribution in [1.29, 1.82) is 0 Å². The number of aromatic amines is 1. The molecular weight excluding hydrogens is 338 g/mol. The van der Waals surface area contributed by atoms with Gasteiger partial charge >= 0.3 is 0 Å². The lowest BCUT2D eigenvalue weighted by Gasteiger charge is -2.22. The minimum atomic E-state index is -0.324. The molecule has 4 rings (SSSR count). The van der Waals surface area contributed by atoms with Crippen LogP contribution in [-0.2, 0) is 6.42 Å². The van der Waals surface area contributed by atoms with Crippen molar-refractivity contribution >= 4 is 11.7 Å². The molecule has 0 radical (unpaired) electrons. The number of benzene rings is 1. The van der Waals surface area contributed by atoms with Gasteiger partial charge in [-0.2, -0.15) is 0 Å². The van der Waals surface area contributed by atoms with Crippen LogP contribution in [0.1, 0.15) is 65.6 Å². The molecule has 2 N–H and O–H groups in total. The van der Waals surface area contributed by atoms with Crippen LogP contribution in [0.25, 0.3) is 0 Å². The van der Waals surface area contributed by atoms with Gasteiger partial charge < -0.3 is 10.3 Å². The number of rotatable bonds is 5. The molecule has 138 valence electrons. The van der Waals surface area contributed by atoms with Gasteiger partial charge in [0.1, 0.15) is 11.6 Å². The molecule has 6 heteroatoms. The van der Waals surface area contributed by atoms with Crippen molar-refractivity contribution in [3.05, 3.63) is 71.4 Å². The van der Waals surface area contributed by atoms with Crippen LogP contribution in [-0.4, -0.2) is 26.1 Å². The lowest BCUT2D eigenvalue weighted by molar-refractivity contribution is 0.101. The summed E-state index contributed by atoms with van der Waals surface area (Å²) in [5.74, 6) is 1.67. The second kappa shape index (κ2) is 8.12. The largest absolute Gasteiger partial charge is 0.321 e. The minimum Gasteiger partial charge on any atom is -0.321 e. The lowest BCUT2D eigenvalue weighted by atomic mass is 9.84. The number of nitrogens with zero attached hydrogens (tertiary/aromatic N) is 3. The second-order valence-electron chi connectivity index (χ2n) is 7.05. The highest BCUT2D eigenvalue weighted by atomic mass is 16.2. The van der Waals surface area contributed by atoms with Gasteiger partial charge in [-0.15, -0.1) is 10.2 Å². The fraction of sp³-hybridized carbons (Fsp3) is 0.333. The molecule has 0 aliphatic heterocycles. The van der Waals surface area contributed by atoms with Gasteiger partial charge in [0, 0.05) is 12.6 Å². The summed E-state index contributed by atoms with van der Waals surface area (Å²) in [6.45, 7) is 0. The summed E-state index contributed by atoms with van der Waals surface area (Å²) in [5, 5.41) is 10.9. The molecule has 0 unspecified atom stereocenters. The molecule has 6 nitrogen and oxygen atoms in total. The molecule has 1 saturated carbocycles. The molecule has 2 aromatic heterocycles. The van der Waals surface area contributed by atoms with Crippen LogP contribution >= 0.6 is 0 Å².